The van der Waals surface area contributed by atoms with Gasteiger partial charge in [0.05, 0.1) is 25.6 Å². The van der Waals surface area contributed by atoms with Crippen LogP contribution in [0.1, 0.15) is 24.8 Å². The van der Waals surface area contributed by atoms with Gasteiger partial charge in [-0.2, -0.15) is 0 Å². The van der Waals surface area contributed by atoms with Crippen LogP contribution >= 0.6 is 0 Å². The minimum Gasteiger partial charge on any atom is -0.493 e. The quantitative estimate of drug-likeness (QED) is 0.654. The topological polar surface area (TPSA) is 105 Å². The van der Waals surface area contributed by atoms with Crippen LogP contribution in [0.25, 0.3) is 0 Å². The van der Waals surface area contributed by atoms with Crippen molar-refractivity contribution in [2.75, 3.05) is 33.9 Å². The monoisotopic (exact) mass is 390 g/mol. The van der Waals surface area contributed by atoms with E-state index in [0.29, 0.717) is 43.9 Å². The molecule has 1 unspecified atom stereocenters. The Bertz CT molecular complexity index is 774. The number of benzene rings is 1. The number of nitrogens with one attached hydrogen (secondary N) is 1. The number of carboxylic acid groups (broad SMARTS) is 1. The molecular weight excluding hydrogens is 364 g/mol. The molecule has 1 aliphatic heterocycles. The molecule has 2 fully saturated rings. The second-order valence-corrected chi connectivity index (χ2v) is 7.48. The predicted octanol–water partition coefficient (Wildman–Crippen LogP) is 1.08. The lowest BCUT2D eigenvalue weighted by Crippen LogP contribution is -2.38. The number of carbonyl (C=O) groups is 3. The normalized spacial score (nSPS) is 20.0. The molecule has 1 atom stereocenters. The molecule has 3 rings (SSSR count). The first kappa shape index (κ1) is 20.0. The van der Waals surface area contributed by atoms with Crippen LogP contribution in [0.2, 0.25) is 0 Å². The van der Waals surface area contributed by atoms with Gasteiger partial charge in [0, 0.05) is 26.1 Å². The van der Waals surface area contributed by atoms with Crippen LogP contribution in [-0.2, 0) is 20.8 Å². The van der Waals surface area contributed by atoms with Crippen LogP contribution in [0.4, 0.5) is 0 Å². The molecule has 1 aliphatic carbocycles. The zero-order chi connectivity index (χ0) is 20.3. The molecule has 1 saturated carbocycles. The van der Waals surface area contributed by atoms with E-state index in [1.165, 1.54) is 0 Å². The fraction of sp³-hybridized carbons (Fsp3) is 0.550. The molecule has 0 bridgehead atoms. The average Bonchev–Trinajstić information content (AvgIpc) is 3.40. The Morgan fingerprint density at radius 2 is 1.96 bits per heavy atom. The number of methoxy groups -OCH3 is 2. The first-order chi connectivity index (χ1) is 13.4. The van der Waals surface area contributed by atoms with Crippen LogP contribution in [0, 0.1) is 11.3 Å². The second kappa shape index (κ2) is 8.08. The zero-order valence-electron chi connectivity index (χ0n) is 16.2. The Kier molecular flexibility index (Phi) is 5.76. The molecular formula is C20H26N2O6. The van der Waals surface area contributed by atoms with Gasteiger partial charge in [-0.25, -0.2) is 0 Å². The standard InChI is InChI=1S/C20H26N2O6/c1-27-15-4-3-13(9-16(15)28-2)5-8-22-11-14(10-17(22)23)18(24)21-12-20(6-7-20)19(25)26/h3-4,9,14H,5-8,10-12H2,1-2H3,(H,21,24)(H,25,26). The molecule has 1 aromatic carbocycles. The third kappa shape index (κ3) is 4.21. The van der Waals surface area contributed by atoms with Crippen molar-refractivity contribution in [2.24, 2.45) is 11.3 Å². The highest BCUT2D eigenvalue weighted by atomic mass is 16.5. The summed E-state index contributed by atoms with van der Waals surface area (Å²) in [5.74, 6) is -0.309. The van der Waals surface area contributed by atoms with Gasteiger partial charge in [0.2, 0.25) is 11.8 Å². The maximum Gasteiger partial charge on any atom is 0.311 e. The number of carboxylic acids is 1. The van der Waals surface area contributed by atoms with Gasteiger partial charge in [-0.1, -0.05) is 6.07 Å². The van der Waals surface area contributed by atoms with E-state index in [2.05, 4.69) is 5.32 Å². The molecule has 8 nitrogen and oxygen atoms in total. The lowest BCUT2D eigenvalue weighted by Gasteiger charge is -2.18. The molecule has 0 aromatic heterocycles. The fourth-order valence-corrected chi connectivity index (χ4v) is 3.48. The van der Waals surface area contributed by atoms with Gasteiger partial charge in [-0.15, -0.1) is 0 Å². The van der Waals surface area contributed by atoms with Gasteiger partial charge in [0.1, 0.15) is 0 Å². The van der Waals surface area contributed by atoms with Crippen molar-refractivity contribution in [2.45, 2.75) is 25.7 Å². The highest BCUT2D eigenvalue weighted by Crippen LogP contribution is 2.45. The summed E-state index contributed by atoms with van der Waals surface area (Å²) in [7, 11) is 3.15. The molecule has 1 saturated heterocycles. The van der Waals surface area contributed by atoms with Crippen LogP contribution in [0.5, 0.6) is 11.5 Å². The van der Waals surface area contributed by atoms with E-state index in [0.717, 1.165) is 5.56 Å². The van der Waals surface area contributed by atoms with Crippen molar-refractivity contribution in [1.82, 2.24) is 10.2 Å². The lowest BCUT2D eigenvalue weighted by molar-refractivity contribution is -0.143. The number of likely N-dealkylation sites (tertiary alicyclic amines) is 1. The van der Waals surface area contributed by atoms with E-state index in [-0.39, 0.29) is 24.8 Å². The maximum absolute atomic E-state index is 12.3. The minimum atomic E-state index is -0.869. The number of hydrogen-bond acceptors (Lipinski definition) is 5. The predicted molar refractivity (Wildman–Crippen MR) is 100 cm³/mol. The second-order valence-electron chi connectivity index (χ2n) is 7.48. The van der Waals surface area contributed by atoms with E-state index < -0.39 is 17.3 Å². The van der Waals surface area contributed by atoms with E-state index in [1.54, 1.807) is 19.1 Å². The molecule has 1 heterocycles. The van der Waals surface area contributed by atoms with Gasteiger partial charge in [-0.3, -0.25) is 14.4 Å². The lowest BCUT2D eigenvalue weighted by atomic mass is 10.1. The van der Waals surface area contributed by atoms with Gasteiger partial charge in [0.15, 0.2) is 11.5 Å². The Balaban J connectivity index is 1.50. The number of carbonyl (C=O) groups excluding carboxylic acids is 2. The molecule has 28 heavy (non-hydrogen) atoms. The van der Waals surface area contributed by atoms with Gasteiger partial charge >= 0.3 is 5.97 Å². The van der Waals surface area contributed by atoms with Crippen molar-refractivity contribution in [3.63, 3.8) is 0 Å². The van der Waals surface area contributed by atoms with Crippen molar-refractivity contribution in [1.29, 1.82) is 0 Å². The van der Waals surface area contributed by atoms with Crippen molar-refractivity contribution >= 4 is 17.8 Å². The summed E-state index contributed by atoms with van der Waals surface area (Å²) < 4.78 is 10.5. The Morgan fingerprint density at radius 1 is 1.25 bits per heavy atom. The van der Waals surface area contributed by atoms with Gasteiger partial charge in [-0.05, 0) is 37.0 Å². The Morgan fingerprint density at radius 3 is 2.57 bits per heavy atom. The molecule has 152 valence electrons. The number of amides is 2. The summed E-state index contributed by atoms with van der Waals surface area (Å²) in [5.41, 5.74) is 0.209. The Labute approximate surface area is 163 Å². The van der Waals surface area contributed by atoms with E-state index in [9.17, 15) is 19.5 Å². The molecule has 1 aromatic rings. The average molecular weight is 390 g/mol. The molecule has 2 amide bonds. The number of ether oxygens (including phenoxy) is 2. The largest absolute Gasteiger partial charge is 0.493 e. The SMILES string of the molecule is COc1ccc(CCN2CC(C(=O)NCC3(C(=O)O)CC3)CC2=O)cc1OC. The number of rotatable bonds is 9. The molecule has 2 aliphatic rings. The van der Waals surface area contributed by atoms with E-state index in [1.807, 2.05) is 18.2 Å². The summed E-state index contributed by atoms with van der Waals surface area (Å²) in [6.07, 6.45) is 1.98. The molecule has 8 heteroatoms. The zero-order valence-corrected chi connectivity index (χ0v) is 16.2. The summed E-state index contributed by atoms with van der Waals surface area (Å²) in [6.45, 7) is 1.01. The van der Waals surface area contributed by atoms with Gasteiger partial charge < -0.3 is 24.8 Å². The smallest absolute Gasteiger partial charge is 0.311 e. The third-order valence-electron chi connectivity index (χ3n) is 5.61. The molecule has 2 N–H and O–H groups in total. The Hall–Kier alpha value is -2.77. The van der Waals surface area contributed by atoms with E-state index in [4.69, 9.17) is 9.47 Å². The molecule has 0 radical (unpaired) electrons. The van der Waals surface area contributed by atoms with Crippen molar-refractivity contribution in [3.05, 3.63) is 23.8 Å². The van der Waals surface area contributed by atoms with Crippen molar-refractivity contribution < 1.29 is 29.0 Å². The van der Waals surface area contributed by atoms with Crippen LogP contribution < -0.4 is 14.8 Å². The highest BCUT2D eigenvalue weighted by Gasteiger charge is 2.50. The summed E-state index contributed by atoms with van der Waals surface area (Å²) in [6, 6.07) is 5.63. The summed E-state index contributed by atoms with van der Waals surface area (Å²) in [5, 5.41) is 11.9. The third-order valence-corrected chi connectivity index (χ3v) is 5.61. The van der Waals surface area contributed by atoms with E-state index >= 15 is 0 Å². The number of nitrogens with zero attached hydrogens (tertiary/aromatic N) is 1. The molecule has 0 spiro atoms. The first-order valence-electron chi connectivity index (χ1n) is 9.38. The van der Waals surface area contributed by atoms with Crippen LogP contribution in [0.15, 0.2) is 18.2 Å². The van der Waals surface area contributed by atoms with Crippen molar-refractivity contribution in [3.8, 4) is 11.5 Å². The number of hydrogen-bond donors (Lipinski definition) is 2. The summed E-state index contributed by atoms with van der Waals surface area (Å²) in [4.78, 5) is 37.5. The summed E-state index contributed by atoms with van der Waals surface area (Å²) >= 11 is 0. The highest BCUT2D eigenvalue weighted by molar-refractivity contribution is 5.89. The fourth-order valence-electron chi connectivity index (χ4n) is 3.48. The first-order valence-corrected chi connectivity index (χ1v) is 9.38. The van der Waals surface area contributed by atoms with Crippen LogP contribution in [0.3, 0.4) is 0 Å². The maximum atomic E-state index is 12.3. The van der Waals surface area contributed by atoms with Crippen LogP contribution in [-0.4, -0.2) is 61.6 Å². The van der Waals surface area contributed by atoms with Gasteiger partial charge in [0.25, 0.3) is 0 Å². The number of aliphatic carboxylic acids is 1. The minimum absolute atomic E-state index is 0.0556.